The van der Waals surface area contributed by atoms with Gasteiger partial charge >= 0.3 is 18.0 Å². The van der Waals surface area contributed by atoms with E-state index in [2.05, 4.69) is 44.1 Å². The largest absolute Gasteiger partial charge is 0.508 e. The molecule has 0 saturated carbocycles. The highest BCUT2D eigenvalue weighted by atomic mass is 35.5. The molecular formula is C88H96Cl2N8O31. The zero-order valence-corrected chi connectivity index (χ0v) is 71.5. The van der Waals surface area contributed by atoms with Crippen molar-refractivity contribution in [3.05, 3.63) is 164 Å². The van der Waals surface area contributed by atoms with Crippen molar-refractivity contribution in [1.82, 2.24) is 42.1 Å². The van der Waals surface area contributed by atoms with Crippen LogP contribution >= 0.6 is 23.2 Å². The van der Waals surface area contributed by atoms with E-state index < -0.39 is 294 Å². The van der Waals surface area contributed by atoms with E-state index in [1.54, 1.807) is 20.8 Å². The number of aliphatic carboxylic acids is 1. The highest BCUT2D eigenvalue weighted by molar-refractivity contribution is 6.33. The number of unbranched alkanes of at least 4 members (excludes halogenated alkanes) is 7. The zero-order chi connectivity index (χ0) is 93.0. The number of benzene rings is 7. The van der Waals surface area contributed by atoms with Gasteiger partial charge < -0.3 is 141 Å². The molecule has 2 saturated heterocycles. The van der Waals surface area contributed by atoms with Crippen LogP contribution in [0.1, 0.15) is 161 Å². The Hall–Kier alpha value is -12.5. The maximum absolute atomic E-state index is 16.8. The number of likely N-dealkylation sites (N-methyl/N-ethyl adjacent to an activating group) is 1. The molecule has 15 rings (SSSR count). The summed E-state index contributed by atoms with van der Waals surface area (Å²) in [4.78, 5) is 153. The van der Waals surface area contributed by atoms with Gasteiger partial charge in [-0.2, -0.15) is 0 Å². The molecule has 19 N–H and O–H groups in total. The Morgan fingerprint density at radius 3 is 1.86 bits per heavy atom. The van der Waals surface area contributed by atoms with Crippen LogP contribution in [-0.4, -0.2) is 225 Å². The minimum atomic E-state index is -2.50. The molecule has 17 bridgehead atoms. The highest BCUT2D eigenvalue weighted by Crippen LogP contribution is 2.51. The molecule has 0 spiro atoms. The fourth-order valence-electron chi connectivity index (χ4n) is 15.7. The summed E-state index contributed by atoms with van der Waals surface area (Å²) in [6.07, 6.45) is -16.1. The summed E-state index contributed by atoms with van der Waals surface area (Å²) >= 11 is 14.3. The molecule has 8 aliphatic heterocycles. The Bertz CT molecular complexity index is 5470. The molecule has 39 nitrogen and oxygen atoms in total. The van der Waals surface area contributed by atoms with Gasteiger partial charge in [-0.1, -0.05) is 105 Å². The van der Waals surface area contributed by atoms with Gasteiger partial charge in [0.1, 0.15) is 131 Å². The standard InChI is InChI=1S/C88H96Cl2N8O31/c1-7-8-9-10-11-12-13-14-15-59(104)92-67-71(107)73(109)76(84(119)121-6)128-85(67)127-75-56-30-41-31-57(75)124-53-25-20-40(28-48(53)89)69(105)66-81(115)96-65(83(117)118)46-32-42(100)33-55(125-86-74(110)72(108)70(106)58(36-99)126-86)60(46)45-27-38(18-23-50(45)101)62(78(112)97-66)93-79(113)63(41)94-80(114)64-47-34-44(35-52(103)61(47)90)123-54-29-39(19-24-51(54)102)68(98(5)87(120)129-88(2,3)4)82(116)91-49(77(111)95-64)26-37-16-21-43(122-56)22-17-37/h16-25,27-35,49,58,62-74,76,85-86,99-103,105-110H,7-15,26,36H2,1-6H3,(H,91,116)(H,92,104)(H,93,113)(H,94,114)(H,95,111)(H,96,115)(H,97,112)(H,117,118)/t49-,58-,62-,63-,64+,65+,66+,67-,68+,69-,70-,71-,72+,73+,74+,76+,85-,86+/m1/s1. The number of aliphatic hydroxyl groups is 7. The molecule has 129 heavy (non-hydrogen) atoms. The van der Waals surface area contributed by atoms with E-state index in [1.807, 2.05) is 0 Å². The Morgan fingerprint density at radius 1 is 0.558 bits per heavy atom. The summed E-state index contributed by atoms with van der Waals surface area (Å²) in [7, 11) is 2.16. The Labute approximate surface area is 745 Å². The summed E-state index contributed by atoms with van der Waals surface area (Å²) in [5.41, 5.74) is -4.86. The quantitative estimate of drug-likeness (QED) is 0.0363. The number of hydrogen-bond acceptors (Lipinski definition) is 30. The number of fused-ring (bicyclic) bond motifs is 14. The van der Waals surface area contributed by atoms with Crippen LogP contribution in [0.3, 0.4) is 0 Å². The molecule has 8 heterocycles. The molecule has 688 valence electrons. The normalized spacial score (nSPS) is 25.7. The first-order valence-corrected chi connectivity index (χ1v) is 41.9. The second kappa shape index (κ2) is 39.6. The zero-order valence-electron chi connectivity index (χ0n) is 70.0. The number of hydrogen-bond donors (Lipinski definition) is 19. The molecule has 0 aliphatic carbocycles. The number of carbonyl (C=O) groups excluding carboxylic acids is 9. The fourth-order valence-corrected chi connectivity index (χ4v) is 16.1. The van der Waals surface area contributed by atoms with E-state index in [4.69, 9.17) is 65.8 Å². The Balaban J connectivity index is 1.05. The van der Waals surface area contributed by atoms with Crippen molar-refractivity contribution >= 4 is 82.6 Å². The Morgan fingerprint density at radius 2 is 1.19 bits per heavy atom. The molecule has 0 unspecified atom stereocenters. The Kier molecular flexibility index (Phi) is 28.9. The van der Waals surface area contributed by atoms with Crippen molar-refractivity contribution in [3.8, 4) is 80.1 Å². The van der Waals surface area contributed by atoms with Gasteiger partial charge in [-0.15, -0.1) is 0 Å². The van der Waals surface area contributed by atoms with Crippen LogP contribution in [0.4, 0.5) is 4.79 Å². The monoisotopic (exact) mass is 1830 g/mol. The van der Waals surface area contributed by atoms with Crippen LogP contribution in [0.25, 0.3) is 11.1 Å². The molecule has 41 heteroatoms. The third-order valence-electron chi connectivity index (χ3n) is 22.4. The van der Waals surface area contributed by atoms with Crippen molar-refractivity contribution in [1.29, 1.82) is 0 Å². The van der Waals surface area contributed by atoms with Gasteiger partial charge in [0, 0.05) is 54.3 Å². The minimum absolute atomic E-state index is 0.0523. The van der Waals surface area contributed by atoms with Gasteiger partial charge in [0.2, 0.25) is 59.7 Å². The van der Waals surface area contributed by atoms with Crippen LogP contribution in [-0.2, 0) is 68.5 Å². The molecule has 7 aromatic carbocycles. The lowest BCUT2D eigenvalue weighted by Crippen LogP contribution is -2.66. The number of rotatable bonds is 18. The van der Waals surface area contributed by atoms with Crippen molar-refractivity contribution in [2.24, 2.45) is 0 Å². The smallest absolute Gasteiger partial charge is 0.410 e. The van der Waals surface area contributed by atoms with Crippen molar-refractivity contribution < 1.29 is 152 Å². The van der Waals surface area contributed by atoms with Gasteiger partial charge in [0.05, 0.1) is 23.8 Å². The SMILES string of the molecule is CCCCCCCCCCC(=O)N[C@H]1[C@H](Oc2c3cc4cc2Oc2ccc(cc2Cl)[C@@H](O)[C@@H]2NC(=O)[C@H](NC(=O)[C@@H]4NC(=O)[C@H]4NC(=O)[C@@H](Cc5ccc(cc5)O3)NC(=O)[C@@H](N(C)C(=O)OC(C)(C)C)c3ccc(O)c(c3)Oc3cc(O)c(Cl)c4c3)c3ccc(O)c(c3)-c3c(O[C@H]4O[C@H](CO)[C@@H](O)[C@H](O)[C@@H]4O)cc(O)cc3[C@@H](C(=O)O)NC2=O)O[C@H](C(=O)OC)[C@@H](O)[C@@H]1O. The lowest BCUT2D eigenvalue weighted by molar-refractivity contribution is -0.277. The van der Waals surface area contributed by atoms with E-state index in [1.165, 1.54) is 37.4 Å². The van der Waals surface area contributed by atoms with Crippen LogP contribution in [0, 0.1) is 0 Å². The summed E-state index contributed by atoms with van der Waals surface area (Å²) in [6, 6.07) is 3.18. The molecule has 0 aromatic heterocycles. The summed E-state index contributed by atoms with van der Waals surface area (Å²) in [5, 5.41) is 155. The van der Waals surface area contributed by atoms with Crippen molar-refractivity contribution in [2.75, 3.05) is 20.8 Å². The summed E-state index contributed by atoms with van der Waals surface area (Å²) < 4.78 is 55.2. The number of nitrogens with zero attached hydrogens (tertiary/aromatic N) is 1. The van der Waals surface area contributed by atoms with E-state index in [-0.39, 0.29) is 28.9 Å². The average Bonchev–Trinajstić information content (AvgIpc) is 0.756. The second-order valence-corrected chi connectivity index (χ2v) is 33.5. The molecule has 8 amide bonds. The topological polar surface area (TPSA) is 584 Å². The number of carboxylic acid groups (broad SMARTS) is 1. The van der Waals surface area contributed by atoms with E-state index >= 15 is 28.8 Å². The minimum Gasteiger partial charge on any atom is -0.508 e. The molecule has 7 aromatic rings. The van der Waals surface area contributed by atoms with Gasteiger partial charge in [-0.25, -0.2) is 14.4 Å². The van der Waals surface area contributed by atoms with Crippen LogP contribution in [0.2, 0.25) is 10.0 Å². The summed E-state index contributed by atoms with van der Waals surface area (Å²) in [5.74, 6) is -19.7. The number of ether oxygens (including phenoxy) is 9. The first-order chi connectivity index (χ1) is 61.3. The first kappa shape index (κ1) is 94.1. The number of nitrogens with one attached hydrogen (secondary N) is 7. The number of carboxylic acids is 1. The van der Waals surface area contributed by atoms with Crippen LogP contribution < -0.4 is 60.9 Å². The summed E-state index contributed by atoms with van der Waals surface area (Å²) in [6.45, 7) is 5.77. The number of aliphatic hydroxyl groups excluding tert-OH is 7. The van der Waals surface area contributed by atoms with Gasteiger partial charge in [0.25, 0.3) is 0 Å². The molecule has 8 aliphatic rings. The van der Waals surface area contributed by atoms with E-state index in [9.17, 15) is 80.5 Å². The van der Waals surface area contributed by atoms with Crippen molar-refractivity contribution in [3.63, 3.8) is 0 Å². The van der Waals surface area contributed by atoms with Crippen LogP contribution in [0.5, 0.6) is 69.0 Å². The molecule has 0 radical (unpaired) electrons. The number of esters is 1. The first-order valence-electron chi connectivity index (χ1n) is 41.2. The number of amides is 8. The number of methoxy groups -OCH3 is 1. The number of halogens is 2. The number of phenolic OH excluding ortho intramolecular Hbond substituents is 4. The van der Waals surface area contributed by atoms with Crippen molar-refractivity contribution in [2.45, 2.75) is 207 Å². The lowest BCUT2D eigenvalue weighted by atomic mass is 9.89. The van der Waals surface area contributed by atoms with E-state index in [0.29, 0.717) is 12.8 Å². The third-order valence-corrected chi connectivity index (χ3v) is 23.1. The van der Waals surface area contributed by atoms with Gasteiger partial charge in [-0.3, -0.25) is 38.5 Å². The second-order valence-electron chi connectivity index (χ2n) is 32.7. The maximum Gasteiger partial charge on any atom is 0.410 e. The van der Waals surface area contributed by atoms with Crippen LogP contribution in [0.15, 0.2) is 115 Å². The fraction of sp³-hybridized carbons (Fsp3) is 0.409. The average molecular weight is 1830 g/mol. The number of carbonyl (C=O) groups is 10. The van der Waals surface area contributed by atoms with E-state index in [0.717, 1.165) is 135 Å². The molecule has 2 fully saturated rings. The highest BCUT2D eigenvalue weighted by Gasteiger charge is 2.52. The van der Waals surface area contributed by atoms with Gasteiger partial charge in [0.15, 0.2) is 35.1 Å². The number of aromatic hydroxyl groups is 4. The van der Waals surface area contributed by atoms with Gasteiger partial charge in [-0.05, 0) is 128 Å². The number of phenols is 4. The predicted molar refractivity (Wildman–Crippen MR) is 448 cm³/mol. The third kappa shape index (κ3) is 20.8. The predicted octanol–water partition coefficient (Wildman–Crippen LogP) is 5.67. The molecule has 18 atom stereocenters. The maximum atomic E-state index is 16.8. The molecular weight excluding hydrogens is 1740 g/mol. The lowest BCUT2D eigenvalue weighted by Gasteiger charge is -2.41.